The van der Waals surface area contributed by atoms with E-state index in [-0.39, 0.29) is 0 Å². The molecule has 1 aromatic carbocycles. The van der Waals surface area contributed by atoms with E-state index >= 15 is 0 Å². The summed E-state index contributed by atoms with van der Waals surface area (Å²) in [4.78, 5) is 0. The second-order valence-corrected chi connectivity index (χ2v) is 4.81. The molecule has 0 spiro atoms. The summed E-state index contributed by atoms with van der Waals surface area (Å²) in [5.74, 6) is 0.913. The molecule has 5 nitrogen and oxygen atoms in total. The lowest BCUT2D eigenvalue weighted by Gasteiger charge is -2.06. The third kappa shape index (κ3) is 2.39. The van der Waals surface area contributed by atoms with Gasteiger partial charge in [-0.2, -0.15) is 0 Å². The molecular formula is C15H17N3O2. The molecule has 0 bridgehead atoms. The number of benzene rings is 1. The molecule has 2 heterocycles. The number of aromatic nitrogens is 3. The van der Waals surface area contributed by atoms with Gasteiger partial charge in [0.2, 0.25) is 0 Å². The number of nitrogens with zero attached hydrogens (tertiary/aromatic N) is 3. The maximum atomic E-state index is 5.65. The van der Waals surface area contributed by atoms with Gasteiger partial charge in [-0.3, -0.25) is 0 Å². The van der Waals surface area contributed by atoms with Crippen LogP contribution in [0.5, 0.6) is 5.75 Å². The van der Waals surface area contributed by atoms with Gasteiger partial charge >= 0.3 is 0 Å². The van der Waals surface area contributed by atoms with Gasteiger partial charge in [0.15, 0.2) is 0 Å². The Hall–Kier alpha value is -2.30. The second-order valence-electron chi connectivity index (χ2n) is 4.81. The van der Waals surface area contributed by atoms with Crippen molar-refractivity contribution in [3.63, 3.8) is 0 Å². The van der Waals surface area contributed by atoms with Crippen molar-refractivity contribution in [1.29, 1.82) is 0 Å². The fourth-order valence-electron chi connectivity index (χ4n) is 2.18. The highest BCUT2D eigenvalue weighted by molar-refractivity contribution is 5.81. The first-order valence-corrected chi connectivity index (χ1v) is 6.77. The molecule has 0 aliphatic heterocycles. The van der Waals surface area contributed by atoms with Crippen molar-refractivity contribution in [2.75, 3.05) is 6.61 Å². The van der Waals surface area contributed by atoms with Crippen LogP contribution in [0.25, 0.3) is 10.9 Å². The minimum absolute atomic E-state index is 0.661. The van der Waals surface area contributed by atoms with Crippen LogP contribution in [0.1, 0.15) is 24.7 Å². The molecular weight excluding hydrogens is 254 g/mol. The number of hydrogen-bond acceptors (Lipinski definition) is 4. The van der Waals surface area contributed by atoms with E-state index in [1.807, 2.05) is 19.2 Å². The molecule has 0 unspecified atom stereocenters. The number of fused-ring (bicyclic) bond motifs is 1. The van der Waals surface area contributed by atoms with Crippen molar-refractivity contribution in [2.24, 2.45) is 0 Å². The molecule has 0 radical (unpaired) electrons. The quantitative estimate of drug-likeness (QED) is 0.715. The largest absolute Gasteiger partial charge is 0.494 e. The summed E-state index contributed by atoms with van der Waals surface area (Å²) >= 11 is 0. The predicted molar refractivity (Wildman–Crippen MR) is 75.9 cm³/mol. The third-order valence-corrected chi connectivity index (χ3v) is 3.28. The van der Waals surface area contributed by atoms with Crippen molar-refractivity contribution < 1.29 is 9.37 Å². The van der Waals surface area contributed by atoms with Crippen LogP contribution in [-0.4, -0.2) is 21.5 Å². The maximum absolute atomic E-state index is 5.65. The third-order valence-electron chi connectivity index (χ3n) is 3.28. The number of aryl methyl sites for hydroxylation is 1. The summed E-state index contributed by atoms with van der Waals surface area (Å²) in [5.41, 5.74) is 2.83. The molecule has 20 heavy (non-hydrogen) atoms. The zero-order valence-corrected chi connectivity index (χ0v) is 11.7. The highest BCUT2D eigenvalue weighted by Crippen LogP contribution is 2.23. The zero-order valence-electron chi connectivity index (χ0n) is 11.7. The number of hydrogen-bond donors (Lipinski definition) is 0. The van der Waals surface area contributed by atoms with E-state index in [4.69, 9.17) is 9.37 Å². The van der Waals surface area contributed by atoms with Crippen molar-refractivity contribution >= 4 is 10.9 Å². The first kappa shape index (κ1) is 12.7. The molecule has 0 fully saturated rings. The summed E-state index contributed by atoms with van der Waals surface area (Å²) in [6.45, 7) is 5.40. The SMILES string of the molecule is CCCOc1ccc2c(ccn2Cc2nonc2C)c1. The minimum atomic E-state index is 0.661. The lowest BCUT2D eigenvalue weighted by molar-refractivity contribution is 0.300. The lowest BCUT2D eigenvalue weighted by atomic mass is 10.2. The Kier molecular flexibility index (Phi) is 3.41. The summed E-state index contributed by atoms with van der Waals surface area (Å²) in [6.07, 6.45) is 3.06. The van der Waals surface area contributed by atoms with Crippen LogP contribution in [0.2, 0.25) is 0 Å². The van der Waals surface area contributed by atoms with Gasteiger partial charge in [-0.25, -0.2) is 4.63 Å². The molecule has 0 N–H and O–H groups in total. The Balaban J connectivity index is 1.88. The average molecular weight is 271 g/mol. The topological polar surface area (TPSA) is 53.1 Å². The van der Waals surface area contributed by atoms with Crippen LogP contribution < -0.4 is 4.74 Å². The second kappa shape index (κ2) is 5.36. The lowest BCUT2D eigenvalue weighted by Crippen LogP contribution is -2.00. The molecule has 0 aliphatic carbocycles. The highest BCUT2D eigenvalue weighted by atomic mass is 16.6. The van der Waals surface area contributed by atoms with Gasteiger partial charge < -0.3 is 9.30 Å². The average Bonchev–Trinajstić information content (AvgIpc) is 3.04. The van der Waals surface area contributed by atoms with Crippen molar-refractivity contribution in [1.82, 2.24) is 14.9 Å². The Labute approximate surface area is 117 Å². The van der Waals surface area contributed by atoms with Crippen LogP contribution in [0.15, 0.2) is 35.1 Å². The molecule has 3 aromatic rings. The van der Waals surface area contributed by atoms with Gasteiger partial charge in [0.25, 0.3) is 0 Å². The molecule has 0 atom stereocenters. The van der Waals surface area contributed by atoms with Crippen LogP contribution in [0.4, 0.5) is 0 Å². The van der Waals surface area contributed by atoms with Gasteiger partial charge in [0.1, 0.15) is 17.1 Å². The van der Waals surface area contributed by atoms with Gasteiger partial charge in [0.05, 0.1) is 13.2 Å². The Morgan fingerprint density at radius 1 is 1.25 bits per heavy atom. The Morgan fingerprint density at radius 3 is 2.90 bits per heavy atom. The predicted octanol–water partition coefficient (Wildman–Crippen LogP) is 3.17. The first-order valence-electron chi connectivity index (χ1n) is 6.77. The normalized spacial score (nSPS) is 11.1. The Bertz CT molecular complexity index is 715. The van der Waals surface area contributed by atoms with Gasteiger partial charge in [-0.15, -0.1) is 0 Å². The van der Waals surface area contributed by atoms with Crippen molar-refractivity contribution in [2.45, 2.75) is 26.8 Å². The van der Waals surface area contributed by atoms with Crippen LogP contribution in [0, 0.1) is 6.92 Å². The fraction of sp³-hybridized carbons (Fsp3) is 0.333. The standard InChI is InChI=1S/C15H17N3O2/c1-3-8-19-13-4-5-15-12(9-13)6-7-18(15)10-14-11(2)16-20-17-14/h4-7,9H,3,8,10H2,1-2H3. The zero-order chi connectivity index (χ0) is 13.9. The summed E-state index contributed by atoms with van der Waals surface area (Å²) in [7, 11) is 0. The van der Waals surface area contributed by atoms with E-state index in [1.165, 1.54) is 0 Å². The molecule has 0 saturated carbocycles. The summed E-state index contributed by atoms with van der Waals surface area (Å²) in [6, 6.07) is 8.22. The highest BCUT2D eigenvalue weighted by Gasteiger charge is 2.08. The van der Waals surface area contributed by atoms with Gasteiger partial charge in [-0.05, 0) is 37.6 Å². The maximum Gasteiger partial charge on any atom is 0.127 e. The summed E-state index contributed by atoms with van der Waals surface area (Å²) < 4.78 is 12.5. The molecule has 3 rings (SSSR count). The minimum Gasteiger partial charge on any atom is -0.494 e. The smallest absolute Gasteiger partial charge is 0.127 e. The number of rotatable bonds is 5. The van der Waals surface area contributed by atoms with Gasteiger partial charge in [0, 0.05) is 17.1 Å². The van der Waals surface area contributed by atoms with E-state index in [0.29, 0.717) is 6.54 Å². The molecule has 0 saturated heterocycles. The van der Waals surface area contributed by atoms with Gasteiger partial charge in [-0.1, -0.05) is 17.2 Å². The first-order chi connectivity index (χ1) is 9.78. The van der Waals surface area contributed by atoms with Crippen molar-refractivity contribution in [3.05, 3.63) is 41.9 Å². The number of ether oxygens (including phenoxy) is 1. The fourth-order valence-corrected chi connectivity index (χ4v) is 2.18. The van der Waals surface area contributed by atoms with E-state index in [1.54, 1.807) is 0 Å². The van der Waals surface area contributed by atoms with Crippen LogP contribution >= 0.6 is 0 Å². The van der Waals surface area contributed by atoms with E-state index in [2.05, 4.69) is 40.0 Å². The van der Waals surface area contributed by atoms with E-state index < -0.39 is 0 Å². The van der Waals surface area contributed by atoms with Crippen molar-refractivity contribution in [3.8, 4) is 5.75 Å². The molecule has 0 amide bonds. The Morgan fingerprint density at radius 2 is 2.15 bits per heavy atom. The molecule has 104 valence electrons. The van der Waals surface area contributed by atoms with Crippen LogP contribution in [0.3, 0.4) is 0 Å². The van der Waals surface area contributed by atoms with Crippen LogP contribution in [-0.2, 0) is 6.54 Å². The van der Waals surface area contributed by atoms with E-state index in [0.717, 1.165) is 41.1 Å². The van der Waals surface area contributed by atoms with E-state index in [9.17, 15) is 0 Å². The molecule has 5 heteroatoms. The molecule has 2 aromatic heterocycles. The molecule has 0 aliphatic rings. The monoisotopic (exact) mass is 271 g/mol. The summed E-state index contributed by atoms with van der Waals surface area (Å²) in [5, 5.41) is 8.89.